The normalized spacial score (nSPS) is 15.1. The number of benzene rings is 1. The van der Waals surface area contributed by atoms with E-state index in [9.17, 15) is 22.4 Å². The highest BCUT2D eigenvalue weighted by Gasteiger charge is 2.37. The van der Waals surface area contributed by atoms with Crippen LogP contribution in [0.4, 0.5) is 17.6 Å². The molecule has 1 aromatic carbocycles. The van der Waals surface area contributed by atoms with Crippen molar-refractivity contribution in [3.63, 3.8) is 0 Å². The Morgan fingerprint density at radius 2 is 1.83 bits per heavy atom. The number of carbonyl (C=O) groups is 1. The van der Waals surface area contributed by atoms with Gasteiger partial charge < -0.3 is 4.90 Å². The highest BCUT2D eigenvalue weighted by atomic mass is 35.5. The van der Waals surface area contributed by atoms with Crippen molar-refractivity contribution in [1.29, 1.82) is 0 Å². The number of rotatable bonds is 4. The highest BCUT2D eigenvalue weighted by molar-refractivity contribution is 7.13. The maximum Gasteiger partial charge on any atom is 0.433 e. The molecule has 1 aliphatic rings. The van der Waals surface area contributed by atoms with Crippen molar-refractivity contribution in [2.24, 2.45) is 0 Å². The number of nitrogens with zero attached hydrogens (tertiary/aromatic N) is 5. The third kappa shape index (κ3) is 4.68. The average Bonchev–Trinajstić information content (AvgIpc) is 3.49. The molecule has 1 amide bonds. The molecular weight excluding hydrogens is 541 g/mol. The van der Waals surface area contributed by atoms with Crippen LogP contribution in [-0.2, 0) is 12.7 Å². The Morgan fingerprint density at radius 3 is 2.47 bits per heavy atom. The molecule has 36 heavy (non-hydrogen) atoms. The molecule has 0 radical (unpaired) electrons. The summed E-state index contributed by atoms with van der Waals surface area (Å²) in [6.07, 6.45) is -4.75. The molecule has 0 N–H and O–H groups in total. The number of hydrogen-bond donors (Lipinski definition) is 0. The molecule has 0 spiro atoms. The molecular formula is C23H17Cl2F4N5OS. The molecule has 0 bridgehead atoms. The predicted molar refractivity (Wildman–Crippen MR) is 129 cm³/mol. The second-order valence-electron chi connectivity index (χ2n) is 8.17. The number of hydrogen-bond acceptors (Lipinski definition) is 5. The zero-order chi connectivity index (χ0) is 25.6. The van der Waals surface area contributed by atoms with Gasteiger partial charge in [0.2, 0.25) is 0 Å². The summed E-state index contributed by atoms with van der Waals surface area (Å²) in [5, 5.41) is 5.72. The van der Waals surface area contributed by atoms with Crippen LogP contribution in [0, 0.1) is 5.82 Å². The summed E-state index contributed by atoms with van der Waals surface area (Å²) in [4.78, 5) is 21.4. The number of alkyl halides is 3. The number of thiophene rings is 1. The van der Waals surface area contributed by atoms with E-state index in [2.05, 4.69) is 10.1 Å². The molecule has 4 aromatic rings. The molecule has 0 aliphatic carbocycles. The van der Waals surface area contributed by atoms with Gasteiger partial charge in [-0.25, -0.2) is 13.9 Å². The van der Waals surface area contributed by atoms with Crippen LogP contribution < -0.4 is 0 Å². The van der Waals surface area contributed by atoms with Crippen molar-refractivity contribution >= 4 is 46.1 Å². The summed E-state index contributed by atoms with van der Waals surface area (Å²) in [5.74, 6) is -1.01. The maximum atomic E-state index is 14.1. The van der Waals surface area contributed by atoms with Crippen molar-refractivity contribution in [3.8, 4) is 10.6 Å². The number of aromatic nitrogens is 3. The fraction of sp³-hybridized carbons (Fsp3) is 0.261. The molecule has 3 aromatic heterocycles. The summed E-state index contributed by atoms with van der Waals surface area (Å²) in [7, 11) is 0. The van der Waals surface area contributed by atoms with Crippen molar-refractivity contribution in [3.05, 3.63) is 74.6 Å². The monoisotopic (exact) mass is 557 g/mol. The van der Waals surface area contributed by atoms with Gasteiger partial charge in [-0.1, -0.05) is 35.3 Å². The van der Waals surface area contributed by atoms with E-state index >= 15 is 0 Å². The summed E-state index contributed by atoms with van der Waals surface area (Å²) in [6.45, 7) is 1.61. The second kappa shape index (κ2) is 9.62. The molecule has 6 nitrogen and oxygen atoms in total. The SMILES string of the molecule is O=C(c1nn2c(C(F)(F)F)cc(-c3cccs3)nc2c1Cl)N1CCN(Cc2c(F)cccc2Cl)CC1. The number of piperazine rings is 1. The molecule has 1 saturated heterocycles. The predicted octanol–water partition coefficient (Wildman–Crippen LogP) is 5.88. The van der Waals surface area contributed by atoms with E-state index in [1.807, 2.05) is 4.90 Å². The van der Waals surface area contributed by atoms with E-state index in [4.69, 9.17) is 23.2 Å². The largest absolute Gasteiger partial charge is 0.433 e. The molecule has 13 heteroatoms. The molecule has 1 aliphatic heterocycles. The molecule has 0 saturated carbocycles. The van der Waals surface area contributed by atoms with Crippen LogP contribution >= 0.6 is 34.5 Å². The number of amides is 1. The number of halogens is 6. The van der Waals surface area contributed by atoms with Crippen LogP contribution in [0.1, 0.15) is 21.7 Å². The minimum Gasteiger partial charge on any atom is -0.335 e. The van der Waals surface area contributed by atoms with Gasteiger partial charge in [-0.3, -0.25) is 9.69 Å². The summed E-state index contributed by atoms with van der Waals surface area (Å²) in [5.41, 5.74) is -1.17. The smallest absolute Gasteiger partial charge is 0.335 e. The lowest BCUT2D eigenvalue weighted by Crippen LogP contribution is -2.48. The maximum absolute atomic E-state index is 14.1. The summed E-state index contributed by atoms with van der Waals surface area (Å²) < 4.78 is 56.2. The fourth-order valence-electron chi connectivity index (χ4n) is 4.05. The van der Waals surface area contributed by atoms with Gasteiger partial charge in [-0.15, -0.1) is 11.3 Å². The lowest BCUT2D eigenvalue weighted by Gasteiger charge is -2.34. The third-order valence-corrected chi connectivity index (χ3v) is 7.50. The van der Waals surface area contributed by atoms with Crippen LogP contribution in [0.25, 0.3) is 16.2 Å². The van der Waals surface area contributed by atoms with Gasteiger partial charge in [0, 0.05) is 43.3 Å². The fourth-order valence-corrected chi connectivity index (χ4v) is 5.20. The van der Waals surface area contributed by atoms with Gasteiger partial charge in [0.25, 0.3) is 5.91 Å². The van der Waals surface area contributed by atoms with E-state index in [-0.39, 0.29) is 41.7 Å². The van der Waals surface area contributed by atoms with Crippen molar-refractivity contribution in [2.45, 2.75) is 12.7 Å². The van der Waals surface area contributed by atoms with Crippen molar-refractivity contribution in [2.75, 3.05) is 26.2 Å². The molecule has 188 valence electrons. The first-order valence-electron chi connectivity index (χ1n) is 10.8. The first-order chi connectivity index (χ1) is 17.1. The molecule has 4 heterocycles. The summed E-state index contributed by atoms with van der Waals surface area (Å²) in [6, 6.07) is 8.71. The molecule has 5 rings (SSSR count). The van der Waals surface area contributed by atoms with E-state index in [0.717, 1.165) is 6.07 Å². The topological polar surface area (TPSA) is 53.7 Å². The van der Waals surface area contributed by atoms with E-state index in [1.165, 1.54) is 28.4 Å². The Labute approximate surface area is 216 Å². The van der Waals surface area contributed by atoms with Gasteiger partial charge in [-0.05, 0) is 29.6 Å². The molecule has 0 unspecified atom stereocenters. The van der Waals surface area contributed by atoms with E-state index in [0.29, 0.717) is 33.1 Å². The standard InChI is InChI=1S/C23H17Cl2F4N5OS/c24-14-3-1-4-15(26)13(14)12-32-6-8-33(9-7-32)22(35)20-19(25)21-30-16(17-5-2-10-36-17)11-18(23(27,28)29)34(21)31-20/h1-5,10-11H,6-9,12H2. The Balaban J connectivity index is 1.40. The molecule has 1 fully saturated rings. The Hall–Kier alpha value is -2.73. The number of carbonyl (C=O) groups excluding carboxylic acids is 1. The van der Waals surface area contributed by atoms with Crippen LogP contribution in [0.5, 0.6) is 0 Å². The number of fused-ring (bicyclic) bond motifs is 1. The van der Waals surface area contributed by atoms with Crippen LogP contribution in [0.15, 0.2) is 41.8 Å². The lowest BCUT2D eigenvalue weighted by atomic mass is 10.1. The third-order valence-electron chi connectivity index (χ3n) is 5.90. The first kappa shape index (κ1) is 24.9. The van der Waals surface area contributed by atoms with Gasteiger partial charge in [-0.2, -0.15) is 18.3 Å². The van der Waals surface area contributed by atoms with Gasteiger partial charge in [0.05, 0.1) is 10.6 Å². The first-order valence-corrected chi connectivity index (χ1v) is 12.4. The second-order valence-corrected chi connectivity index (χ2v) is 9.90. The zero-order valence-electron chi connectivity index (χ0n) is 18.4. The van der Waals surface area contributed by atoms with Crippen LogP contribution in [0.3, 0.4) is 0 Å². The average molecular weight is 558 g/mol. The van der Waals surface area contributed by atoms with Crippen LogP contribution in [-0.4, -0.2) is 56.5 Å². The van der Waals surface area contributed by atoms with Crippen LogP contribution in [0.2, 0.25) is 10.0 Å². The minimum atomic E-state index is -4.75. The van der Waals surface area contributed by atoms with Crippen molar-refractivity contribution < 1.29 is 22.4 Å². The highest BCUT2D eigenvalue weighted by Crippen LogP contribution is 2.35. The lowest BCUT2D eigenvalue weighted by molar-refractivity contribution is -0.142. The van der Waals surface area contributed by atoms with Crippen molar-refractivity contribution in [1.82, 2.24) is 24.4 Å². The van der Waals surface area contributed by atoms with Gasteiger partial charge in [0.15, 0.2) is 17.0 Å². The Bertz CT molecular complexity index is 1410. The van der Waals surface area contributed by atoms with Gasteiger partial charge >= 0.3 is 6.18 Å². The quantitative estimate of drug-likeness (QED) is 0.294. The Morgan fingerprint density at radius 1 is 1.08 bits per heavy atom. The minimum absolute atomic E-state index is 0.0889. The molecule has 0 atom stereocenters. The summed E-state index contributed by atoms with van der Waals surface area (Å²) >= 11 is 13.7. The van der Waals surface area contributed by atoms with E-state index in [1.54, 1.807) is 23.6 Å². The zero-order valence-corrected chi connectivity index (χ0v) is 20.7. The van der Waals surface area contributed by atoms with Gasteiger partial charge in [0.1, 0.15) is 10.8 Å². The Kier molecular flexibility index (Phi) is 6.67. The van der Waals surface area contributed by atoms with E-state index < -0.39 is 23.6 Å².